The Balaban J connectivity index is 1.83. The summed E-state index contributed by atoms with van der Waals surface area (Å²) in [6.45, 7) is 2.66. The average molecular weight is 579 g/mol. The number of aliphatic hydroxyl groups is 2. The number of pyridine rings is 2. The number of benzene rings is 1. The lowest BCUT2D eigenvalue weighted by Gasteiger charge is -2.39. The Kier molecular flexibility index (Phi) is 7.71. The predicted octanol–water partition coefficient (Wildman–Crippen LogP) is 3.16. The quantitative estimate of drug-likeness (QED) is 0.345. The van der Waals surface area contributed by atoms with E-state index in [4.69, 9.17) is 0 Å². The summed E-state index contributed by atoms with van der Waals surface area (Å²) in [4.78, 5) is 35.4. The Labute approximate surface area is 227 Å². The molecular weight excluding hydrogens is 553 g/mol. The number of nitrogens with zero attached hydrogens (tertiary/aromatic N) is 3. The van der Waals surface area contributed by atoms with Gasteiger partial charge in [-0.05, 0) is 59.7 Å². The third-order valence-corrected chi connectivity index (χ3v) is 8.66. The molecule has 14 heteroatoms. The van der Waals surface area contributed by atoms with E-state index in [1.807, 2.05) is 0 Å². The molecule has 2 atom stereocenters. The first-order chi connectivity index (χ1) is 18.8. The summed E-state index contributed by atoms with van der Waals surface area (Å²) < 4.78 is 62.6. The number of alkyl halides is 3. The topological polar surface area (TPSA) is 150 Å². The van der Waals surface area contributed by atoms with E-state index in [1.165, 1.54) is 12.4 Å². The molecule has 3 amide bonds. The number of aromatic nitrogens is 2. The van der Waals surface area contributed by atoms with Crippen molar-refractivity contribution >= 4 is 27.5 Å². The summed E-state index contributed by atoms with van der Waals surface area (Å²) in [5.74, 6) is -2.20. The average Bonchev–Trinajstić information content (AvgIpc) is 3.21. The van der Waals surface area contributed by atoms with Crippen LogP contribution in [0.3, 0.4) is 0 Å². The minimum atomic E-state index is -5.64. The van der Waals surface area contributed by atoms with Crippen molar-refractivity contribution in [1.29, 1.82) is 0 Å². The molecular formula is C26H25F3N4O6S. The molecule has 2 aromatic heterocycles. The summed E-state index contributed by atoms with van der Waals surface area (Å²) >= 11 is 0. The summed E-state index contributed by atoms with van der Waals surface area (Å²) in [5, 5.41) is 21.9. The first kappa shape index (κ1) is 29.1. The Hall–Kier alpha value is -3.88. The van der Waals surface area contributed by atoms with Gasteiger partial charge < -0.3 is 15.5 Å². The maximum atomic E-state index is 14.2. The van der Waals surface area contributed by atoms with Crippen molar-refractivity contribution in [2.75, 3.05) is 4.90 Å². The van der Waals surface area contributed by atoms with Crippen LogP contribution in [-0.4, -0.2) is 51.6 Å². The number of carbonyl (C=O) groups excluding carboxylic acids is 2. The molecule has 2 unspecified atom stereocenters. The number of aliphatic hydroxyl groups excluding tert-OH is 2. The molecule has 212 valence electrons. The van der Waals surface area contributed by atoms with E-state index >= 15 is 0 Å². The van der Waals surface area contributed by atoms with E-state index in [9.17, 15) is 41.4 Å². The van der Waals surface area contributed by atoms with E-state index in [2.05, 4.69) is 15.3 Å². The number of urea groups is 1. The van der Waals surface area contributed by atoms with Crippen LogP contribution in [0.4, 0.5) is 23.7 Å². The zero-order chi connectivity index (χ0) is 29.5. The number of hydrogen-bond acceptors (Lipinski definition) is 8. The zero-order valence-corrected chi connectivity index (χ0v) is 22.1. The molecule has 40 heavy (non-hydrogen) atoms. The number of imide groups is 1. The van der Waals surface area contributed by atoms with Crippen LogP contribution in [0, 0.1) is 0 Å². The maximum Gasteiger partial charge on any atom is 0.501 e. The van der Waals surface area contributed by atoms with Crippen LogP contribution in [0.1, 0.15) is 48.2 Å². The number of amides is 3. The highest BCUT2D eigenvalue weighted by molar-refractivity contribution is 7.92. The number of hydrogen-bond donors (Lipinski definition) is 3. The van der Waals surface area contributed by atoms with E-state index < -0.39 is 49.6 Å². The van der Waals surface area contributed by atoms with Crippen LogP contribution in [0.2, 0.25) is 0 Å². The second kappa shape index (κ2) is 10.6. The van der Waals surface area contributed by atoms with E-state index in [0.29, 0.717) is 34.6 Å². The highest BCUT2D eigenvalue weighted by Crippen LogP contribution is 2.45. The molecule has 1 aliphatic heterocycles. The summed E-state index contributed by atoms with van der Waals surface area (Å²) in [6, 6.07) is 8.82. The molecule has 3 aromatic rings. The van der Waals surface area contributed by atoms with Gasteiger partial charge in [0.1, 0.15) is 5.54 Å². The standard InChI is InChI=1S/C26H25F3N4O6S/c1-15(17-7-9-30-19(11-17)13-34)25(16(2)18-8-10-31-20(12-18)14-35)23(36)33(24(37)32-25)21-3-5-22(6-4-21)40(38,39)26(27,28)29/h3-12,15-16,34-35H,13-14H2,1-2H3,(H,32,37). The smallest absolute Gasteiger partial charge is 0.390 e. The summed E-state index contributed by atoms with van der Waals surface area (Å²) in [6.07, 6.45) is 2.90. The molecule has 0 radical (unpaired) electrons. The van der Waals surface area contributed by atoms with Gasteiger partial charge in [0.2, 0.25) is 0 Å². The predicted molar refractivity (Wildman–Crippen MR) is 136 cm³/mol. The molecule has 0 saturated carbocycles. The zero-order valence-electron chi connectivity index (χ0n) is 21.3. The maximum absolute atomic E-state index is 14.2. The fraction of sp³-hybridized carbons (Fsp3) is 0.308. The SMILES string of the molecule is CC(c1ccnc(CO)c1)C1(C(C)c2ccnc(CO)c2)NC(=O)N(c2ccc(S(=O)(=O)C(F)(F)F)cc2)C1=O. The van der Waals surface area contributed by atoms with Crippen LogP contribution in [0.5, 0.6) is 0 Å². The van der Waals surface area contributed by atoms with Crippen LogP contribution >= 0.6 is 0 Å². The number of carbonyl (C=O) groups is 2. The normalized spacial score (nSPS) is 19.4. The second-order valence-corrected chi connectivity index (χ2v) is 11.2. The van der Waals surface area contributed by atoms with Gasteiger partial charge in [0, 0.05) is 24.2 Å². The van der Waals surface area contributed by atoms with Crippen molar-refractivity contribution in [3.63, 3.8) is 0 Å². The number of sulfone groups is 1. The molecule has 4 rings (SSSR count). The Morgan fingerprint density at radius 3 is 1.80 bits per heavy atom. The van der Waals surface area contributed by atoms with Crippen molar-refractivity contribution in [1.82, 2.24) is 15.3 Å². The van der Waals surface area contributed by atoms with Gasteiger partial charge in [-0.15, -0.1) is 0 Å². The number of rotatable bonds is 8. The van der Waals surface area contributed by atoms with Crippen LogP contribution in [0.25, 0.3) is 0 Å². The Morgan fingerprint density at radius 2 is 1.38 bits per heavy atom. The fourth-order valence-corrected chi connectivity index (χ4v) is 5.66. The molecule has 1 aromatic carbocycles. The molecule has 10 nitrogen and oxygen atoms in total. The number of anilines is 1. The Morgan fingerprint density at radius 1 is 0.900 bits per heavy atom. The first-order valence-corrected chi connectivity index (χ1v) is 13.5. The van der Waals surface area contributed by atoms with Gasteiger partial charge in [-0.3, -0.25) is 14.8 Å². The van der Waals surface area contributed by atoms with Gasteiger partial charge in [-0.25, -0.2) is 18.1 Å². The monoisotopic (exact) mass is 578 g/mol. The van der Waals surface area contributed by atoms with Gasteiger partial charge in [0.25, 0.3) is 15.7 Å². The molecule has 0 spiro atoms. The van der Waals surface area contributed by atoms with Crippen LogP contribution in [0.15, 0.2) is 65.8 Å². The molecule has 1 aliphatic rings. The molecule has 3 heterocycles. The van der Waals surface area contributed by atoms with Crippen molar-refractivity contribution in [2.24, 2.45) is 0 Å². The van der Waals surface area contributed by atoms with E-state index in [0.717, 1.165) is 17.0 Å². The second-order valence-electron chi connectivity index (χ2n) is 9.30. The van der Waals surface area contributed by atoms with Crippen LogP contribution < -0.4 is 10.2 Å². The lowest BCUT2D eigenvalue weighted by molar-refractivity contribution is -0.123. The third kappa shape index (κ3) is 4.82. The number of halogens is 3. The minimum Gasteiger partial charge on any atom is -0.390 e. The van der Waals surface area contributed by atoms with Gasteiger partial charge in [0.05, 0.1) is 35.2 Å². The highest BCUT2D eigenvalue weighted by Gasteiger charge is 2.59. The highest BCUT2D eigenvalue weighted by atomic mass is 32.2. The van der Waals surface area contributed by atoms with Crippen molar-refractivity contribution in [3.05, 3.63) is 83.4 Å². The number of nitrogens with one attached hydrogen (secondary N) is 1. The molecule has 1 fully saturated rings. The molecule has 3 N–H and O–H groups in total. The first-order valence-electron chi connectivity index (χ1n) is 12.0. The fourth-order valence-electron chi connectivity index (χ4n) is 4.90. The van der Waals surface area contributed by atoms with E-state index in [1.54, 1.807) is 38.1 Å². The van der Waals surface area contributed by atoms with Gasteiger partial charge in [0.15, 0.2) is 0 Å². The third-order valence-electron chi connectivity index (χ3n) is 7.16. The van der Waals surface area contributed by atoms with Crippen molar-refractivity contribution in [2.45, 2.75) is 54.8 Å². The van der Waals surface area contributed by atoms with Crippen molar-refractivity contribution in [3.8, 4) is 0 Å². The van der Waals surface area contributed by atoms with E-state index in [-0.39, 0.29) is 18.9 Å². The van der Waals surface area contributed by atoms with Crippen molar-refractivity contribution < 1.29 is 41.4 Å². The summed E-state index contributed by atoms with van der Waals surface area (Å²) in [5.41, 5.74) is -5.54. The molecule has 0 bridgehead atoms. The Bertz CT molecular complexity index is 1490. The van der Waals surface area contributed by atoms with Crippen LogP contribution in [-0.2, 0) is 27.8 Å². The van der Waals surface area contributed by atoms with Gasteiger partial charge in [-0.1, -0.05) is 13.8 Å². The minimum absolute atomic E-state index is 0.138. The lowest BCUT2D eigenvalue weighted by Crippen LogP contribution is -2.55. The molecule has 1 saturated heterocycles. The largest absolute Gasteiger partial charge is 0.501 e. The van der Waals surface area contributed by atoms with Gasteiger partial charge in [-0.2, -0.15) is 13.2 Å². The summed E-state index contributed by atoms with van der Waals surface area (Å²) in [7, 11) is -5.64. The van der Waals surface area contributed by atoms with Gasteiger partial charge >= 0.3 is 11.5 Å². The molecule has 0 aliphatic carbocycles. The lowest BCUT2D eigenvalue weighted by atomic mass is 9.69.